The SMILES string of the molecule is O=C(O)CCCCCCCCCCCCCCCCCCC(=O)N[C@@H](CCC(=O)O)C(=O)O. The summed E-state index contributed by atoms with van der Waals surface area (Å²) in [4.78, 5) is 43.9. The van der Waals surface area contributed by atoms with E-state index in [0.29, 0.717) is 6.42 Å². The highest BCUT2D eigenvalue weighted by Crippen LogP contribution is 2.14. The maximum atomic E-state index is 11.8. The topological polar surface area (TPSA) is 141 Å². The van der Waals surface area contributed by atoms with Gasteiger partial charge in [0, 0.05) is 19.3 Å². The summed E-state index contributed by atoms with van der Waals surface area (Å²) in [6.07, 6.45) is 18.4. The Hall–Kier alpha value is -2.12. The van der Waals surface area contributed by atoms with Crippen molar-refractivity contribution in [1.82, 2.24) is 5.32 Å². The summed E-state index contributed by atoms with van der Waals surface area (Å²) in [7, 11) is 0. The predicted molar refractivity (Wildman–Crippen MR) is 127 cm³/mol. The Kier molecular flexibility index (Phi) is 20.3. The number of carbonyl (C=O) groups excluding carboxylic acids is 1. The van der Waals surface area contributed by atoms with Crippen molar-refractivity contribution in [2.75, 3.05) is 0 Å². The van der Waals surface area contributed by atoms with Crippen LogP contribution >= 0.6 is 0 Å². The number of rotatable bonds is 24. The fraction of sp³-hybridized carbons (Fsp3) is 0.840. The van der Waals surface area contributed by atoms with Gasteiger partial charge in [0.15, 0.2) is 0 Å². The molecule has 8 heteroatoms. The number of carboxylic acids is 3. The van der Waals surface area contributed by atoms with Crippen LogP contribution in [0, 0.1) is 0 Å². The fourth-order valence-electron chi connectivity index (χ4n) is 3.83. The monoisotopic (exact) mass is 471 g/mol. The summed E-state index contributed by atoms with van der Waals surface area (Å²) >= 11 is 0. The highest BCUT2D eigenvalue weighted by atomic mass is 16.4. The lowest BCUT2D eigenvalue weighted by Crippen LogP contribution is -2.41. The van der Waals surface area contributed by atoms with E-state index in [4.69, 9.17) is 15.3 Å². The highest BCUT2D eigenvalue weighted by molar-refractivity contribution is 5.83. The van der Waals surface area contributed by atoms with E-state index in [1.807, 2.05) is 0 Å². The van der Waals surface area contributed by atoms with E-state index in [1.54, 1.807) is 0 Å². The van der Waals surface area contributed by atoms with Gasteiger partial charge in [-0.05, 0) is 19.3 Å². The molecule has 0 saturated heterocycles. The number of hydrogen-bond donors (Lipinski definition) is 4. The molecule has 0 aromatic carbocycles. The van der Waals surface area contributed by atoms with Crippen LogP contribution in [0.5, 0.6) is 0 Å². The van der Waals surface area contributed by atoms with Crippen LogP contribution in [-0.4, -0.2) is 45.2 Å². The first-order chi connectivity index (χ1) is 15.8. The van der Waals surface area contributed by atoms with Crippen LogP contribution < -0.4 is 5.32 Å². The quantitative estimate of drug-likeness (QED) is 0.136. The van der Waals surface area contributed by atoms with Gasteiger partial charge in [-0.1, -0.05) is 89.9 Å². The van der Waals surface area contributed by atoms with Crippen LogP contribution in [0.1, 0.15) is 128 Å². The zero-order chi connectivity index (χ0) is 24.7. The lowest BCUT2D eigenvalue weighted by atomic mass is 10.0. The Morgan fingerprint density at radius 2 is 0.818 bits per heavy atom. The van der Waals surface area contributed by atoms with E-state index >= 15 is 0 Å². The molecule has 33 heavy (non-hydrogen) atoms. The second-order valence-electron chi connectivity index (χ2n) is 8.94. The minimum absolute atomic E-state index is 0.105. The summed E-state index contributed by atoms with van der Waals surface area (Å²) in [6, 6.07) is -1.14. The fourth-order valence-corrected chi connectivity index (χ4v) is 3.83. The van der Waals surface area contributed by atoms with Gasteiger partial charge in [-0.2, -0.15) is 0 Å². The first-order valence-corrected chi connectivity index (χ1v) is 12.8. The molecule has 0 aliphatic rings. The van der Waals surface area contributed by atoms with E-state index < -0.39 is 23.9 Å². The minimum Gasteiger partial charge on any atom is -0.481 e. The molecule has 0 fully saturated rings. The normalized spacial score (nSPS) is 11.8. The second-order valence-corrected chi connectivity index (χ2v) is 8.94. The first-order valence-electron chi connectivity index (χ1n) is 12.8. The first kappa shape index (κ1) is 30.9. The molecule has 1 amide bonds. The third kappa shape index (κ3) is 22.9. The number of aliphatic carboxylic acids is 3. The van der Waals surface area contributed by atoms with Gasteiger partial charge < -0.3 is 20.6 Å². The molecule has 0 saturated carbocycles. The molecule has 0 aliphatic carbocycles. The Morgan fingerprint density at radius 1 is 0.485 bits per heavy atom. The molecule has 0 radical (unpaired) electrons. The van der Waals surface area contributed by atoms with Gasteiger partial charge in [0.25, 0.3) is 0 Å². The van der Waals surface area contributed by atoms with Crippen LogP contribution in [0.2, 0.25) is 0 Å². The summed E-state index contributed by atoms with van der Waals surface area (Å²) in [5, 5.41) is 28.7. The Morgan fingerprint density at radius 3 is 1.15 bits per heavy atom. The largest absolute Gasteiger partial charge is 0.481 e. The van der Waals surface area contributed by atoms with Crippen LogP contribution in [0.4, 0.5) is 0 Å². The van der Waals surface area contributed by atoms with Crippen LogP contribution in [0.25, 0.3) is 0 Å². The van der Waals surface area contributed by atoms with E-state index in [-0.39, 0.29) is 25.2 Å². The lowest BCUT2D eigenvalue weighted by molar-refractivity contribution is -0.143. The van der Waals surface area contributed by atoms with Crippen LogP contribution in [0.15, 0.2) is 0 Å². The molecule has 8 nitrogen and oxygen atoms in total. The van der Waals surface area contributed by atoms with Crippen molar-refractivity contribution in [2.24, 2.45) is 0 Å². The van der Waals surface area contributed by atoms with Gasteiger partial charge >= 0.3 is 17.9 Å². The average Bonchev–Trinajstić information content (AvgIpc) is 2.75. The number of unbranched alkanes of at least 4 members (excludes halogenated alkanes) is 15. The van der Waals surface area contributed by atoms with E-state index in [9.17, 15) is 19.2 Å². The number of amides is 1. The molecule has 0 rings (SSSR count). The van der Waals surface area contributed by atoms with Gasteiger partial charge in [0.1, 0.15) is 6.04 Å². The maximum absolute atomic E-state index is 11.8. The second kappa shape index (κ2) is 21.7. The summed E-state index contributed by atoms with van der Waals surface area (Å²) in [6.45, 7) is 0. The van der Waals surface area contributed by atoms with E-state index in [0.717, 1.165) is 44.9 Å². The molecule has 0 aliphatic heterocycles. The molecule has 0 unspecified atom stereocenters. The predicted octanol–water partition coefficient (Wildman–Crippen LogP) is 5.53. The molecule has 192 valence electrons. The lowest BCUT2D eigenvalue weighted by Gasteiger charge is -2.13. The van der Waals surface area contributed by atoms with Crippen LogP contribution in [-0.2, 0) is 19.2 Å². The smallest absolute Gasteiger partial charge is 0.326 e. The molecule has 0 spiro atoms. The molecular formula is C25H45NO7. The van der Waals surface area contributed by atoms with Crippen molar-refractivity contribution in [2.45, 2.75) is 134 Å². The van der Waals surface area contributed by atoms with Crippen molar-refractivity contribution in [3.05, 3.63) is 0 Å². The summed E-state index contributed by atoms with van der Waals surface area (Å²) in [5.74, 6) is -3.30. The molecule has 0 bridgehead atoms. The Bertz CT molecular complexity index is 551. The van der Waals surface area contributed by atoms with Crippen molar-refractivity contribution < 1.29 is 34.5 Å². The van der Waals surface area contributed by atoms with Crippen molar-refractivity contribution >= 4 is 23.8 Å². The van der Waals surface area contributed by atoms with Crippen LogP contribution in [0.3, 0.4) is 0 Å². The van der Waals surface area contributed by atoms with Crippen molar-refractivity contribution in [3.8, 4) is 0 Å². The zero-order valence-electron chi connectivity index (χ0n) is 20.2. The van der Waals surface area contributed by atoms with E-state index in [1.165, 1.54) is 57.8 Å². The van der Waals surface area contributed by atoms with Crippen molar-refractivity contribution in [3.63, 3.8) is 0 Å². The molecule has 0 heterocycles. The number of carbonyl (C=O) groups is 4. The van der Waals surface area contributed by atoms with Gasteiger partial charge in [0.05, 0.1) is 0 Å². The van der Waals surface area contributed by atoms with Gasteiger partial charge in [0.2, 0.25) is 5.91 Å². The third-order valence-corrected chi connectivity index (χ3v) is 5.82. The highest BCUT2D eigenvalue weighted by Gasteiger charge is 2.20. The summed E-state index contributed by atoms with van der Waals surface area (Å²) < 4.78 is 0. The standard InChI is InChI=1S/C25H45NO7/c27-22(26-21(25(32)33)19-20-24(30)31)17-15-13-11-9-7-5-3-1-2-4-6-8-10-12-14-16-18-23(28)29/h21H,1-20H2,(H,26,27)(H,28,29)(H,30,31)(H,32,33)/t21-/m0/s1. The molecule has 4 N–H and O–H groups in total. The minimum atomic E-state index is -1.20. The maximum Gasteiger partial charge on any atom is 0.326 e. The number of carboxylic acid groups (broad SMARTS) is 3. The number of hydrogen-bond acceptors (Lipinski definition) is 4. The molecule has 1 atom stereocenters. The number of nitrogens with one attached hydrogen (secondary N) is 1. The van der Waals surface area contributed by atoms with Gasteiger partial charge in [-0.15, -0.1) is 0 Å². The average molecular weight is 472 g/mol. The van der Waals surface area contributed by atoms with Gasteiger partial charge in [-0.25, -0.2) is 4.79 Å². The third-order valence-electron chi connectivity index (χ3n) is 5.82. The van der Waals surface area contributed by atoms with Gasteiger partial charge in [-0.3, -0.25) is 14.4 Å². The van der Waals surface area contributed by atoms with Crippen molar-refractivity contribution in [1.29, 1.82) is 0 Å². The zero-order valence-corrected chi connectivity index (χ0v) is 20.2. The molecular weight excluding hydrogens is 426 g/mol. The Balaban J connectivity index is 3.39. The van der Waals surface area contributed by atoms with E-state index in [2.05, 4.69) is 5.32 Å². The Labute approximate surface area is 198 Å². The summed E-state index contributed by atoms with van der Waals surface area (Å²) in [5.41, 5.74) is 0. The molecule has 0 aromatic heterocycles. The molecule has 0 aromatic rings.